The molecule has 1 aliphatic carbocycles. The Bertz CT molecular complexity index is 424. The van der Waals surface area contributed by atoms with Crippen LogP contribution >= 0.6 is 23.2 Å². The lowest BCUT2D eigenvalue weighted by Crippen LogP contribution is -2.57. The first kappa shape index (κ1) is 15.7. The summed E-state index contributed by atoms with van der Waals surface area (Å²) in [6.07, 6.45) is 1.64. The third kappa shape index (κ3) is 2.25. The van der Waals surface area contributed by atoms with Crippen LogP contribution in [-0.4, -0.2) is 21.8 Å². The molecule has 0 aliphatic heterocycles. The summed E-state index contributed by atoms with van der Waals surface area (Å²) >= 11 is 12.7. The summed E-state index contributed by atoms with van der Waals surface area (Å²) < 4.78 is 0. The topological polar surface area (TPSA) is 34.1 Å². The lowest BCUT2D eigenvalue weighted by atomic mass is 9.67. The molecule has 2 atom stereocenters. The maximum absolute atomic E-state index is 12.4. The summed E-state index contributed by atoms with van der Waals surface area (Å²) in [5.74, 6) is -1.10. The minimum Gasteiger partial charge on any atom is -0.288 e. The molecule has 0 heterocycles. The number of halogens is 2. The third-order valence-electron chi connectivity index (χ3n) is 3.37. The molecule has 0 aromatic rings. The normalized spacial score (nSPS) is 30.4. The highest BCUT2D eigenvalue weighted by Gasteiger charge is 2.57. The van der Waals surface area contributed by atoms with Crippen molar-refractivity contribution in [3.05, 3.63) is 11.6 Å². The van der Waals surface area contributed by atoms with Crippen molar-refractivity contribution in [2.75, 3.05) is 0 Å². The maximum atomic E-state index is 12.4. The van der Waals surface area contributed by atoms with E-state index in [9.17, 15) is 9.59 Å². The van der Waals surface area contributed by atoms with Crippen molar-refractivity contribution in [2.24, 2.45) is 10.8 Å². The number of rotatable bonds is 0. The van der Waals surface area contributed by atoms with E-state index >= 15 is 0 Å². The predicted molar refractivity (Wildman–Crippen MR) is 75.2 cm³/mol. The Labute approximate surface area is 119 Å². The van der Waals surface area contributed by atoms with Crippen molar-refractivity contribution < 1.29 is 9.59 Å². The van der Waals surface area contributed by atoms with Gasteiger partial charge in [0, 0.05) is 5.57 Å². The van der Waals surface area contributed by atoms with Gasteiger partial charge in [0.2, 0.25) is 11.6 Å². The van der Waals surface area contributed by atoms with Gasteiger partial charge in [-0.15, -0.1) is 23.2 Å². The molecule has 0 unspecified atom stereocenters. The van der Waals surface area contributed by atoms with Crippen LogP contribution in [0.5, 0.6) is 0 Å². The third-order valence-corrected chi connectivity index (χ3v) is 4.91. The van der Waals surface area contributed by atoms with Crippen molar-refractivity contribution in [3.63, 3.8) is 0 Å². The van der Waals surface area contributed by atoms with Crippen LogP contribution in [0.15, 0.2) is 11.6 Å². The second kappa shape index (κ2) is 4.35. The van der Waals surface area contributed by atoms with Crippen LogP contribution in [-0.2, 0) is 9.59 Å². The number of carbonyl (C=O) groups excluding carboxylic acids is 2. The van der Waals surface area contributed by atoms with Crippen LogP contribution in [0, 0.1) is 10.8 Å². The fourth-order valence-electron chi connectivity index (χ4n) is 2.09. The van der Waals surface area contributed by atoms with Gasteiger partial charge in [-0.05, 0) is 10.8 Å². The fraction of sp³-hybridized carbons (Fsp3) is 0.714. The summed E-state index contributed by atoms with van der Waals surface area (Å²) in [6.45, 7) is 11.1. The standard InChI is InChI=1S/C14H20Cl2O2/c1-12(2,3)8-7-9(15)14(16,13(4,5)6)11(18)10(8)17/h7,9H,1-6H3/t9-,14+/m0/s1. The highest BCUT2D eigenvalue weighted by Crippen LogP contribution is 2.47. The van der Waals surface area contributed by atoms with Gasteiger partial charge in [0.25, 0.3) is 0 Å². The molecule has 0 spiro atoms. The molecule has 0 bridgehead atoms. The molecule has 0 fully saturated rings. The highest BCUT2D eigenvalue weighted by atomic mass is 35.5. The number of hydrogen-bond donors (Lipinski definition) is 0. The van der Waals surface area contributed by atoms with Crippen LogP contribution in [0.4, 0.5) is 0 Å². The molecule has 102 valence electrons. The van der Waals surface area contributed by atoms with Gasteiger partial charge in [-0.25, -0.2) is 0 Å². The van der Waals surface area contributed by atoms with Crippen LogP contribution < -0.4 is 0 Å². The second-order valence-electron chi connectivity index (χ2n) is 6.85. The quantitative estimate of drug-likeness (QED) is 0.503. The number of hydrogen-bond acceptors (Lipinski definition) is 2. The van der Waals surface area contributed by atoms with Crippen molar-refractivity contribution in [1.82, 2.24) is 0 Å². The average Bonchev–Trinajstić information content (AvgIpc) is 2.16. The average molecular weight is 291 g/mol. The van der Waals surface area contributed by atoms with Crippen molar-refractivity contribution in [3.8, 4) is 0 Å². The van der Waals surface area contributed by atoms with Crippen LogP contribution in [0.25, 0.3) is 0 Å². The molecule has 1 aliphatic rings. The van der Waals surface area contributed by atoms with E-state index in [-0.39, 0.29) is 0 Å². The van der Waals surface area contributed by atoms with Gasteiger partial charge in [0.15, 0.2) is 0 Å². The molecule has 1 rings (SSSR count). The molecule has 0 amide bonds. The fourth-order valence-corrected chi connectivity index (χ4v) is 2.80. The first-order valence-electron chi connectivity index (χ1n) is 5.98. The van der Waals surface area contributed by atoms with Crippen molar-refractivity contribution >= 4 is 34.8 Å². The van der Waals surface area contributed by atoms with Crippen LogP contribution in [0.1, 0.15) is 41.5 Å². The Morgan fingerprint density at radius 2 is 1.56 bits per heavy atom. The Kier molecular flexibility index (Phi) is 3.79. The molecular formula is C14H20Cl2O2. The zero-order valence-electron chi connectivity index (χ0n) is 11.7. The summed E-state index contributed by atoms with van der Waals surface area (Å²) in [5, 5.41) is -0.682. The Morgan fingerprint density at radius 3 is 1.89 bits per heavy atom. The molecule has 0 aromatic carbocycles. The predicted octanol–water partition coefficient (Wildman–Crippen LogP) is 3.74. The van der Waals surface area contributed by atoms with E-state index in [0.29, 0.717) is 5.57 Å². The zero-order valence-corrected chi connectivity index (χ0v) is 13.2. The summed E-state index contributed by atoms with van der Waals surface area (Å²) in [4.78, 5) is 23.2. The molecular weight excluding hydrogens is 271 g/mol. The smallest absolute Gasteiger partial charge is 0.226 e. The number of ketones is 2. The van der Waals surface area contributed by atoms with Crippen molar-refractivity contribution in [1.29, 1.82) is 0 Å². The van der Waals surface area contributed by atoms with Gasteiger partial charge >= 0.3 is 0 Å². The molecule has 2 nitrogen and oxygen atoms in total. The van der Waals surface area contributed by atoms with E-state index < -0.39 is 32.6 Å². The van der Waals surface area contributed by atoms with E-state index in [0.717, 1.165) is 0 Å². The van der Waals surface area contributed by atoms with Gasteiger partial charge < -0.3 is 0 Å². The number of alkyl halides is 2. The first-order valence-corrected chi connectivity index (χ1v) is 6.79. The minimum absolute atomic E-state index is 0.407. The molecule has 0 saturated carbocycles. The number of carbonyl (C=O) groups is 2. The lowest BCUT2D eigenvalue weighted by Gasteiger charge is -2.43. The molecule has 0 radical (unpaired) electrons. The number of allylic oxidation sites excluding steroid dienone is 2. The number of Topliss-reactive ketones (excluding diaryl/α,β-unsaturated/α-hetero) is 2. The Hall–Kier alpha value is -0.340. The van der Waals surface area contributed by atoms with E-state index in [1.54, 1.807) is 6.08 Å². The zero-order chi connectivity index (χ0) is 14.5. The maximum Gasteiger partial charge on any atom is 0.226 e. The SMILES string of the molecule is CC(C)(C)C1=C[C@H](Cl)[C@](Cl)(C(C)(C)C)C(=O)C1=O. The summed E-state index contributed by atoms with van der Waals surface area (Å²) in [6, 6.07) is 0. The van der Waals surface area contributed by atoms with E-state index in [2.05, 4.69) is 0 Å². The van der Waals surface area contributed by atoms with Crippen molar-refractivity contribution in [2.45, 2.75) is 51.8 Å². The Balaban J connectivity index is 3.42. The lowest BCUT2D eigenvalue weighted by molar-refractivity contribution is -0.138. The Morgan fingerprint density at radius 1 is 1.11 bits per heavy atom. The molecule has 18 heavy (non-hydrogen) atoms. The van der Waals surface area contributed by atoms with E-state index in [4.69, 9.17) is 23.2 Å². The molecule has 4 heteroatoms. The van der Waals surface area contributed by atoms with Crippen LogP contribution in [0.3, 0.4) is 0 Å². The van der Waals surface area contributed by atoms with Gasteiger partial charge in [0.1, 0.15) is 4.87 Å². The monoisotopic (exact) mass is 290 g/mol. The van der Waals surface area contributed by atoms with Gasteiger partial charge in [0.05, 0.1) is 5.38 Å². The van der Waals surface area contributed by atoms with E-state index in [1.165, 1.54) is 0 Å². The molecule has 0 saturated heterocycles. The highest BCUT2D eigenvalue weighted by molar-refractivity contribution is 6.60. The summed E-state index contributed by atoms with van der Waals surface area (Å²) in [5.41, 5.74) is -0.545. The summed E-state index contributed by atoms with van der Waals surface area (Å²) in [7, 11) is 0. The van der Waals surface area contributed by atoms with Gasteiger partial charge in [-0.1, -0.05) is 47.6 Å². The van der Waals surface area contributed by atoms with Crippen LogP contribution in [0.2, 0.25) is 0 Å². The molecule has 0 aromatic heterocycles. The van der Waals surface area contributed by atoms with E-state index in [1.807, 2.05) is 41.5 Å². The minimum atomic E-state index is -1.37. The first-order chi connectivity index (χ1) is 7.83. The second-order valence-corrected chi connectivity index (χ2v) is 7.92. The molecule has 0 N–H and O–H groups in total. The largest absolute Gasteiger partial charge is 0.288 e. The van der Waals surface area contributed by atoms with Gasteiger partial charge in [-0.3, -0.25) is 9.59 Å². The van der Waals surface area contributed by atoms with Gasteiger partial charge in [-0.2, -0.15) is 0 Å².